The Hall–Kier alpha value is -1.38. The lowest BCUT2D eigenvalue weighted by molar-refractivity contribution is 0.0645. The summed E-state index contributed by atoms with van der Waals surface area (Å²) in [5, 5.41) is 0. The SMILES string of the molecule is CC.CC.CCc1cc(C(C)C)cc(C(=O)N2CCC2)n1. The van der Waals surface area contributed by atoms with E-state index in [4.69, 9.17) is 0 Å². The summed E-state index contributed by atoms with van der Waals surface area (Å²) in [7, 11) is 0. The molecule has 1 saturated heterocycles. The molecule has 0 aliphatic carbocycles. The molecule has 0 aromatic carbocycles. The van der Waals surface area contributed by atoms with Gasteiger partial charge in [0.2, 0.25) is 0 Å². The summed E-state index contributed by atoms with van der Waals surface area (Å²) < 4.78 is 0. The first-order valence-electron chi connectivity index (χ1n) is 8.42. The Morgan fingerprint density at radius 2 is 1.76 bits per heavy atom. The molecule has 0 atom stereocenters. The number of nitrogens with zero attached hydrogens (tertiary/aromatic N) is 2. The second-order valence-corrected chi connectivity index (χ2v) is 4.93. The van der Waals surface area contributed by atoms with Crippen LogP contribution in [-0.2, 0) is 6.42 Å². The second-order valence-electron chi connectivity index (χ2n) is 4.93. The number of aromatic nitrogens is 1. The first kappa shape index (κ1) is 19.6. The zero-order valence-corrected chi connectivity index (χ0v) is 14.9. The molecule has 0 N–H and O–H groups in total. The number of rotatable bonds is 3. The van der Waals surface area contributed by atoms with Crippen LogP contribution in [0, 0.1) is 0 Å². The van der Waals surface area contributed by atoms with Gasteiger partial charge >= 0.3 is 0 Å². The lowest BCUT2D eigenvalue weighted by Crippen LogP contribution is -2.42. The molecule has 2 rings (SSSR count). The molecule has 1 aliphatic heterocycles. The molecule has 0 spiro atoms. The molecule has 0 bridgehead atoms. The third-order valence-electron chi connectivity index (χ3n) is 3.29. The average molecular weight is 292 g/mol. The van der Waals surface area contributed by atoms with Gasteiger partial charge in [-0.1, -0.05) is 48.5 Å². The van der Waals surface area contributed by atoms with E-state index in [2.05, 4.69) is 31.8 Å². The van der Waals surface area contributed by atoms with Crippen molar-refractivity contribution in [2.75, 3.05) is 13.1 Å². The summed E-state index contributed by atoms with van der Waals surface area (Å²) in [6.07, 6.45) is 2.00. The molecule has 0 unspecified atom stereocenters. The van der Waals surface area contributed by atoms with Crippen molar-refractivity contribution < 1.29 is 4.79 Å². The van der Waals surface area contributed by atoms with Crippen molar-refractivity contribution >= 4 is 5.91 Å². The third kappa shape index (κ3) is 5.49. The van der Waals surface area contributed by atoms with Crippen LogP contribution in [0.3, 0.4) is 0 Å². The normalized spacial score (nSPS) is 12.7. The lowest BCUT2D eigenvalue weighted by atomic mass is 10.0. The molecular formula is C18H32N2O. The van der Waals surface area contributed by atoms with Crippen molar-refractivity contribution in [3.8, 4) is 0 Å². The number of hydrogen-bond donors (Lipinski definition) is 0. The van der Waals surface area contributed by atoms with E-state index in [1.165, 1.54) is 5.56 Å². The fourth-order valence-electron chi connectivity index (χ4n) is 1.92. The molecule has 120 valence electrons. The molecule has 1 aromatic rings. The first-order valence-corrected chi connectivity index (χ1v) is 8.42. The Morgan fingerprint density at radius 3 is 2.14 bits per heavy atom. The van der Waals surface area contributed by atoms with Crippen LogP contribution in [0.25, 0.3) is 0 Å². The molecule has 3 heteroatoms. The molecule has 1 amide bonds. The summed E-state index contributed by atoms with van der Waals surface area (Å²) in [5.74, 6) is 0.527. The summed E-state index contributed by atoms with van der Waals surface area (Å²) in [5.41, 5.74) is 2.84. The molecule has 0 radical (unpaired) electrons. The van der Waals surface area contributed by atoms with E-state index in [0.717, 1.165) is 31.6 Å². The van der Waals surface area contributed by atoms with Crippen LogP contribution in [0.1, 0.15) is 82.6 Å². The summed E-state index contributed by atoms with van der Waals surface area (Å²) in [4.78, 5) is 18.4. The number of hydrogen-bond acceptors (Lipinski definition) is 2. The molecule has 1 fully saturated rings. The van der Waals surface area contributed by atoms with Crippen molar-refractivity contribution in [3.05, 3.63) is 29.1 Å². The van der Waals surface area contributed by atoms with Crippen molar-refractivity contribution in [1.82, 2.24) is 9.88 Å². The maximum atomic E-state index is 12.1. The van der Waals surface area contributed by atoms with E-state index in [1.54, 1.807) is 0 Å². The zero-order chi connectivity index (χ0) is 16.4. The van der Waals surface area contributed by atoms with Gasteiger partial charge in [0, 0.05) is 18.8 Å². The monoisotopic (exact) mass is 292 g/mol. The van der Waals surface area contributed by atoms with Gasteiger partial charge < -0.3 is 4.90 Å². The minimum Gasteiger partial charge on any atom is -0.337 e. The van der Waals surface area contributed by atoms with Crippen LogP contribution in [0.4, 0.5) is 0 Å². The van der Waals surface area contributed by atoms with Crippen LogP contribution >= 0.6 is 0 Å². The van der Waals surface area contributed by atoms with E-state index < -0.39 is 0 Å². The number of carbonyl (C=O) groups is 1. The Balaban J connectivity index is 0.000000921. The summed E-state index contributed by atoms with van der Waals surface area (Å²) in [6.45, 7) is 16.1. The predicted molar refractivity (Wildman–Crippen MR) is 90.9 cm³/mol. The quantitative estimate of drug-likeness (QED) is 0.811. The van der Waals surface area contributed by atoms with Crippen LogP contribution < -0.4 is 0 Å². The van der Waals surface area contributed by atoms with Gasteiger partial charge in [-0.3, -0.25) is 4.79 Å². The third-order valence-corrected chi connectivity index (χ3v) is 3.29. The molecule has 3 nitrogen and oxygen atoms in total. The van der Waals surface area contributed by atoms with E-state index in [9.17, 15) is 4.79 Å². The molecule has 1 aliphatic rings. The zero-order valence-electron chi connectivity index (χ0n) is 14.9. The van der Waals surface area contributed by atoms with Crippen LogP contribution in [0.15, 0.2) is 12.1 Å². The van der Waals surface area contributed by atoms with E-state index >= 15 is 0 Å². The topological polar surface area (TPSA) is 33.2 Å². The van der Waals surface area contributed by atoms with Crippen LogP contribution in [-0.4, -0.2) is 28.9 Å². The van der Waals surface area contributed by atoms with Gasteiger partial charge in [0.25, 0.3) is 5.91 Å². The van der Waals surface area contributed by atoms with Gasteiger partial charge in [-0.15, -0.1) is 0 Å². The number of carbonyl (C=O) groups excluding carboxylic acids is 1. The van der Waals surface area contributed by atoms with E-state index in [0.29, 0.717) is 11.6 Å². The van der Waals surface area contributed by atoms with Crippen molar-refractivity contribution in [2.24, 2.45) is 0 Å². The van der Waals surface area contributed by atoms with Gasteiger partial charge in [0.15, 0.2) is 0 Å². The minimum atomic E-state index is 0.0912. The summed E-state index contributed by atoms with van der Waals surface area (Å²) in [6, 6.07) is 4.06. The maximum absolute atomic E-state index is 12.1. The van der Waals surface area contributed by atoms with Crippen molar-refractivity contribution in [3.63, 3.8) is 0 Å². The molecule has 2 heterocycles. The van der Waals surface area contributed by atoms with Gasteiger partial charge in [0.1, 0.15) is 5.69 Å². The van der Waals surface area contributed by atoms with E-state index in [-0.39, 0.29) is 5.91 Å². The van der Waals surface area contributed by atoms with Gasteiger partial charge in [0.05, 0.1) is 0 Å². The largest absolute Gasteiger partial charge is 0.337 e. The number of likely N-dealkylation sites (tertiary alicyclic amines) is 1. The van der Waals surface area contributed by atoms with Crippen LogP contribution in [0.5, 0.6) is 0 Å². The van der Waals surface area contributed by atoms with Gasteiger partial charge in [-0.05, 0) is 36.5 Å². The number of amides is 1. The standard InChI is InChI=1S/C14H20N2O.2C2H6/c1-4-12-8-11(10(2)3)9-13(15-12)14(17)16-6-5-7-16;2*1-2/h8-10H,4-7H2,1-3H3;2*1-2H3. The highest BCUT2D eigenvalue weighted by Gasteiger charge is 2.23. The molecule has 0 saturated carbocycles. The smallest absolute Gasteiger partial charge is 0.272 e. The predicted octanol–water partition coefficient (Wildman–Crippen LogP) is 4.67. The fraction of sp³-hybridized carbons (Fsp3) is 0.667. The highest BCUT2D eigenvalue weighted by molar-refractivity contribution is 5.93. The Labute approximate surface area is 130 Å². The molecule has 1 aromatic heterocycles. The highest BCUT2D eigenvalue weighted by Crippen LogP contribution is 2.19. The van der Waals surface area contributed by atoms with Gasteiger partial charge in [-0.2, -0.15) is 0 Å². The Kier molecular flexibility index (Phi) is 9.68. The average Bonchev–Trinajstić information content (AvgIpc) is 2.49. The second kappa shape index (κ2) is 10.4. The molecular weight excluding hydrogens is 260 g/mol. The maximum Gasteiger partial charge on any atom is 0.272 e. The lowest BCUT2D eigenvalue weighted by Gasteiger charge is -2.30. The number of pyridine rings is 1. The van der Waals surface area contributed by atoms with Crippen molar-refractivity contribution in [2.45, 2.75) is 67.2 Å². The number of aryl methyl sites for hydroxylation is 1. The minimum absolute atomic E-state index is 0.0912. The van der Waals surface area contributed by atoms with Crippen molar-refractivity contribution in [1.29, 1.82) is 0 Å². The summed E-state index contributed by atoms with van der Waals surface area (Å²) >= 11 is 0. The van der Waals surface area contributed by atoms with E-state index in [1.807, 2.05) is 38.7 Å². The fourth-order valence-corrected chi connectivity index (χ4v) is 1.92. The highest BCUT2D eigenvalue weighted by atomic mass is 16.2. The van der Waals surface area contributed by atoms with Gasteiger partial charge in [-0.25, -0.2) is 4.98 Å². The Morgan fingerprint density at radius 1 is 1.19 bits per heavy atom. The molecule has 21 heavy (non-hydrogen) atoms. The Bertz CT molecular complexity index is 423. The van der Waals surface area contributed by atoms with Crippen LogP contribution in [0.2, 0.25) is 0 Å². The first-order chi connectivity index (χ1) is 10.1.